The molecule has 0 bridgehead atoms. The summed E-state index contributed by atoms with van der Waals surface area (Å²) >= 11 is 0. The molecule has 3 aromatic rings. The first-order valence-electron chi connectivity index (χ1n) is 8.57. The summed E-state index contributed by atoms with van der Waals surface area (Å²) < 4.78 is 6.91. The predicted octanol–water partition coefficient (Wildman–Crippen LogP) is 4.37. The molecule has 1 aromatic heterocycles. The van der Waals surface area contributed by atoms with E-state index < -0.39 is 0 Å². The van der Waals surface area contributed by atoms with Crippen molar-refractivity contribution < 1.29 is 9.53 Å². The molecule has 0 fully saturated rings. The maximum atomic E-state index is 12.5. The van der Waals surface area contributed by atoms with Gasteiger partial charge in [-0.3, -0.25) is 9.48 Å². The minimum atomic E-state index is -0.113. The number of aromatic nitrogens is 2. The number of ketones is 1. The van der Waals surface area contributed by atoms with Crippen molar-refractivity contribution in [2.75, 3.05) is 7.11 Å². The van der Waals surface area contributed by atoms with Gasteiger partial charge in [0, 0.05) is 22.9 Å². The minimum Gasteiger partial charge on any atom is -0.497 e. The van der Waals surface area contributed by atoms with Crippen molar-refractivity contribution in [2.45, 2.75) is 13.0 Å². The van der Waals surface area contributed by atoms with Crippen LogP contribution in [0.1, 0.15) is 22.3 Å². The fourth-order valence-electron chi connectivity index (χ4n) is 2.70. The second-order valence-corrected chi connectivity index (χ2v) is 5.90. The Labute approximate surface area is 158 Å². The Morgan fingerprint density at radius 1 is 1.22 bits per heavy atom. The molecular formula is C22H19N3O2. The van der Waals surface area contributed by atoms with E-state index in [1.807, 2.05) is 36.5 Å². The largest absolute Gasteiger partial charge is 0.497 e. The molecular weight excluding hydrogens is 338 g/mol. The van der Waals surface area contributed by atoms with Gasteiger partial charge in [-0.15, -0.1) is 0 Å². The number of aryl methyl sites for hydroxylation is 1. The molecule has 0 spiro atoms. The molecule has 27 heavy (non-hydrogen) atoms. The van der Waals surface area contributed by atoms with E-state index in [0.29, 0.717) is 24.3 Å². The number of carbonyl (C=O) groups excluding carboxylic acids is 1. The molecule has 0 N–H and O–H groups in total. The first kappa shape index (κ1) is 18.2. The van der Waals surface area contributed by atoms with E-state index in [4.69, 9.17) is 10.00 Å². The highest BCUT2D eigenvalue weighted by atomic mass is 16.5. The molecule has 1 heterocycles. The highest BCUT2D eigenvalue weighted by Crippen LogP contribution is 2.23. The number of hydrogen-bond donors (Lipinski definition) is 0. The van der Waals surface area contributed by atoms with Crippen LogP contribution in [0, 0.1) is 11.3 Å². The summed E-state index contributed by atoms with van der Waals surface area (Å²) in [5.41, 5.74) is 3.13. The third kappa shape index (κ3) is 4.50. The lowest BCUT2D eigenvalue weighted by molar-refractivity contribution is 0.104. The second-order valence-electron chi connectivity index (χ2n) is 5.90. The van der Waals surface area contributed by atoms with Crippen LogP contribution in [0.15, 0.2) is 66.9 Å². The van der Waals surface area contributed by atoms with Crippen LogP contribution in [-0.2, 0) is 6.54 Å². The summed E-state index contributed by atoms with van der Waals surface area (Å²) in [6.07, 6.45) is 5.53. The zero-order chi connectivity index (χ0) is 19.1. The van der Waals surface area contributed by atoms with Crippen LogP contribution >= 0.6 is 0 Å². The number of ether oxygens (including phenoxy) is 1. The molecule has 3 rings (SSSR count). The number of benzene rings is 2. The van der Waals surface area contributed by atoms with E-state index in [1.54, 1.807) is 42.1 Å². The average molecular weight is 357 g/mol. The standard InChI is InChI=1S/C22H19N3O2/c1-27-20-10-5-9-18(15-20)21(26)12-11-19-16-25(14-6-13-23)24-22(19)17-7-3-2-4-8-17/h2-5,7-12,15-16H,6,14H2,1H3/b12-11+. The fraction of sp³-hybridized carbons (Fsp3) is 0.136. The highest BCUT2D eigenvalue weighted by molar-refractivity contribution is 6.07. The third-order valence-electron chi connectivity index (χ3n) is 4.06. The number of allylic oxidation sites excluding steroid dienone is 1. The van der Waals surface area contributed by atoms with Crippen LogP contribution < -0.4 is 4.74 Å². The van der Waals surface area contributed by atoms with Crippen LogP contribution in [0.25, 0.3) is 17.3 Å². The first-order chi connectivity index (χ1) is 13.2. The van der Waals surface area contributed by atoms with Crippen LogP contribution in [0.5, 0.6) is 5.75 Å². The molecule has 0 aliphatic heterocycles. The van der Waals surface area contributed by atoms with Crippen molar-refractivity contribution in [3.8, 4) is 23.1 Å². The SMILES string of the molecule is COc1cccc(C(=O)/C=C/c2cn(CCC#N)nc2-c2ccccc2)c1. The molecule has 0 saturated heterocycles. The fourth-order valence-corrected chi connectivity index (χ4v) is 2.70. The Hall–Kier alpha value is -3.65. The summed E-state index contributed by atoms with van der Waals surface area (Å²) in [5.74, 6) is 0.529. The lowest BCUT2D eigenvalue weighted by Gasteiger charge is -2.01. The quantitative estimate of drug-likeness (QED) is 0.465. The maximum Gasteiger partial charge on any atom is 0.185 e. The average Bonchev–Trinajstić information content (AvgIpc) is 3.14. The van der Waals surface area contributed by atoms with Crippen LogP contribution in [-0.4, -0.2) is 22.7 Å². The van der Waals surface area contributed by atoms with Gasteiger partial charge in [0.15, 0.2) is 5.78 Å². The molecule has 134 valence electrons. The van der Waals surface area contributed by atoms with E-state index in [9.17, 15) is 4.79 Å². The van der Waals surface area contributed by atoms with Crippen molar-refractivity contribution in [2.24, 2.45) is 0 Å². The van der Waals surface area contributed by atoms with E-state index in [0.717, 1.165) is 16.8 Å². The predicted molar refractivity (Wildman–Crippen MR) is 104 cm³/mol. The zero-order valence-corrected chi connectivity index (χ0v) is 15.0. The summed E-state index contributed by atoms with van der Waals surface area (Å²) in [6.45, 7) is 0.508. The minimum absolute atomic E-state index is 0.113. The molecule has 5 heteroatoms. The van der Waals surface area contributed by atoms with Crippen molar-refractivity contribution in [3.63, 3.8) is 0 Å². The van der Waals surface area contributed by atoms with Gasteiger partial charge in [0.25, 0.3) is 0 Å². The second kappa shape index (κ2) is 8.63. The van der Waals surface area contributed by atoms with Crippen molar-refractivity contribution in [1.29, 1.82) is 5.26 Å². The van der Waals surface area contributed by atoms with Crippen LogP contribution in [0.3, 0.4) is 0 Å². The maximum absolute atomic E-state index is 12.5. The lowest BCUT2D eigenvalue weighted by Crippen LogP contribution is -1.97. The molecule has 0 saturated carbocycles. The molecule has 5 nitrogen and oxygen atoms in total. The smallest absolute Gasteiger partial charge is 0.185 e. The third-order valence-corrected chi connectivity index (χ3v) is 4.06. The first-order valence-corrected chi connectivity index (χ1v) is 8.57. The van der Waals surface area contributed by atoms with Crippen molar-refractivity contribution in [3.05, 3.63) is 78.0 Å². The Morgan fingerprint density at radius 3 is 2.78 bits per heavy atom. The molecule has 0 unspecified atom stereocenters. The molecule has 0 aliphatic rings. The van der Waals surface area contributed by atoms with E-state index in [1.165, 1.54) is 6.08 Å². The van der Waals surface area contributed by atoms with E-state index in [-0.39, 0.29) is 5.78 Å². The van der Waals surface area contributed by atoms with E-state index in [2.05, 4.69) is 11.2 Å². The van der Waals surface area contributed by atoms with Crippen LogP contribution in [0.2, 0.25) is 0 Å². The zero-order valence-electron chi connectivity index (χ0n) is 15.0. The van der Waals surface area contributed by atoms with Gasteiger partial charge in [-0.1, -0.05) is 42.5 Å². The monoisotopic (exact) mass is 357 g/mol. The number of carbonyl (C=O) groups is 1. The van der Waals surface area contributed by atoms with Crippen LogP contribution in [0.4, 0.5) is 0 Å². The molecule has 0 atom stereocenters. The Morgan fingerprint density at radius 2 is 2.04 bits per heavy atom. The number of hydrogen-bond acceptors (Lipinski definition) is 4. The summed E-state index contributed by atoms with van der Waals surface area (Å²) in [6, 6.07) is 18.9. The Kier molecular flexibility index (Phi) is 5.80. The highest BCUT2D eigenvalue weighted by Gasteiger charge is 2.10. The molecule has 0 amide bonds. The molecule has 0 aliphatic carbocycles. The molecule has 2 aromatic carbocycles. The molecule has 0 radical (unpaired) electrons. The van der Waals surface area contributed by atoms with Gasteiger partial charge < -0.3 is 4.74 Å². The van der Waals surface area contributed by atoms with Crippen molar-refractivity contribution >= 4 is 11.9 Å². The normalized spacial score (nSPS) is 10.7. The Balaban J connectivity index is 1.90. The summed E-state index contributed by atoms with van der Waals surface area (Å²) in [5, 5.41) is 13.4. The van der Waals surface area contributed by atoms with Gasteiger partial charge in [-0.25, -0.2) is 0 Å². The van der Waals surface area contributed by atoms with Gasteiger partial charge in [0.2, 0.25) is 0 Å². The van der Waals surface area contributed by atoms with Gasteiger partial charge >= 0.3 is 0 Å². The van der Waals surface area contributed by atoms with Crippen molar-refractivity contribution in [1.82, 2.24) is 9.78 Å². The van der Waals surface area contributed by atoms with Gasteiger partial charge in [0.05, 0.1) is 31.8 Å². The van der Waals surface area contributed by atoms with E-state index >= 15 is 0 Å². The Bertz CT molecular complexity index is 998. The topological polar surface area (TPSA) is 67.9 Å². The van der Waals surface area contributed by atoms with Gasteiger partial charge in [-0.2, -0.15) is 10.4 Å². The number of rotatable bonds is 7. The summed E-state index contributed by atoms with van der Waals surface area (Å²) in [4.78, 5) is 12.5. The number of nitriles is 1. The van der Waals surface area contributed by atoms with Gasteiger partial charge in [-0.05, 0) is 24.3 Å². The lowest BCUT2D eigenvalue weighted by atomic mass is 10.1. The van der Waals surface area contributed by atoms with Gasteiger partial charge in [0.1, 0.15) is 5.75 Å². The number of nitrogens with zero attached hydrogens (tertiary/aromatic N) is 3. The number of methoxy groups -OCH3 is 1. The summed E-state index contributed by atoms with van der Waals surface area (Å²) in [7, 11) is 1.57.